The van der Waals surface area contributed by atoms with Crippen molar-refractivity contribution in [2.45, 2.75) is 52.9 Å². The van der Waals surface area contributed by atoms with E-state index in [2.05, 4.69) is 20.8 Å². The van der Waals surface area contributed by atoms with Crippen LogP contribution < -0.4 is 0 Å². The summed E-state index contributed by atoms with van der Waals surface area (Å²) in [6.45, 7) is 9.60. The summed E-state index contributed by atoms with van der Waals surface area (Å²) in [5.41, 5.74) is 0. The summed E-state index contributed by atoms with van der Waals surface area (Å²) in [6.07, 6.45) is 4.24. The molecule has 0 aliphatic rings. The molecule has 19 heavy (non-hydrogen) atoms. The van der Waals surface area contributed by atoms with Crippen LogP contribution in [0, 0.1) is 5.92 Å². The number of carbonyl (C=O) groups is 1. The highest BCUT2D eigenvalue weighted by molar-refractivity contribution is 5.69. The zero-order valence-electron chi connectivity index (χ0n) is 12.8. The average molecular weight is 274 g/mol. The third-order valence-electron chi connectivity index (χ3n) is 2.64. The Kier molecular flexibility index (Phi) is 13.4. The van der Waals surface area contributed by atoms with Crippen molar-refractivity contribution < 1.29 is 19.0 Å². The molecule has 0 saturated carbocycles. The minimum Gasteiger partial charge on any atom is -0.466 e. The number of hydrogen-bond acceptors (Lipinski definition) is 4. The Hall–Kier alpha value is -0.610. The molecule has 0 saturated heterocycles. The lowest BCUT2D eigenvalue weighted by atomic mass is 10.1. The van der Waals surface area contributed by atoms with Crippen LogP contribution in [0.15, 0.2) is 0 Å². The molecule has 0 unspecified atom stereocenters. The van der Waals surface area contributed by atoms with Crippen LogP contribution in [0.4, 0.5) is 0 Å². The largest absolute Gasteiger partial charge is 0.466 e. The first-order chi connectivity index (χ1) is 9.16. The number of unbranched alkanes of at least 4 members (excludes halogenated alkanes) is 1. The second-order valence-corrected chi connectivity index (χ2v) is 5.08. The van der Waals surface area contributed by atoms with Gasteiger partial charge in [0.2, 0.25) is 0 Å². The van der Waals surface area contributed by atoms with E-state index in [0.717, 1.165) is 32.3 Å². The highest BCUT2D eigenvalue weighted by atomic mass is 16.5. The second kappa shape index (κ2) is 13.8. The van der Waals surface area contributed by atoms with Crippen molar-refractivity contribution in [3.63, 3.8) is 0 Å². The molecular formula is C15H30O4. The number of hydrogen-bond donors (Lipinski definition) is 0. The Morgan fingerprint density at radius 3 is 2.26 bits per heavy atom. The average Bonchev–Trinajstić information content (AvgIpc) is 2.36. The highest BCUT2D eigenvalue weighted by Gasteiger charge is 2.01. The van der Waals surface area contributed by atoms with Gasteiger partial charge in [-0.1, -0.05) is 27.2 Å². The van der Waals surface area contributed by atoms with Gasteiger partial charge in [-0.25, -0.2) is 0 Å². The fourth-order valence-electron chi connectivity index (χ4n) is 1.36. The van der Waals surface area contributed by atoms with Crippen molar-refractivity contribution in [3.05, 3.63) is 0 Å². The van der Waals surface area contributed by atoms with Crippen LogP contribution in [0.3, 0.4) is 0 Å². The lowest BCUT2D eigenvalue weighted by molar-refractivity contribution is -0.144. The molecule has 0 aromatic rings. The van der Waals surface area contributed by atoms with Crippen LogP contribution in [-0.4, -0.2) is 39.0 Å². The van der Waals surface area contributed by atoms with Gasteiger partial charge in [-0.15, -0.1) is 0 Å². The van der Waals surface area contributed by atoms with Crippen LogP contribution in [0.25, 0.3) is 0 Å². The molecule has 0 spiro atoms. The molecule has 0 radical (unpaired) electrons. The molecule has 114 valence electrons. The standard InChI is InChI=1S/C15H30O4/c1-4-5-10-19-15(16)7-6-9-17-12-13-18-11-8-14(2)3/h14H,4-13H2,1-3H3. The van der Waals surface area contributed by atoms with E-state index < -0.39 is 0 Å². The number of esters is 1. The number of rotatable bonds is 13. The van der Waals surface area contributed by atoms with E-state index in [1.807, 2.05) is 0 Å². The third kappa shape index (κ3) is 15.3. The van der Waals surface area contributed by atoms with Gasteiger partial charge >= 0.3 is 5.97 Å². The molecular weight excluding hydrogens is 244 g/mol. The van der Waals surface area contributed by atoms with Crippen molar-refractivity contribution in [2.24, 2.45) is 5.92 Å². The van der Waals surface area contributed by atoms with E-state index in [-0.39, 0.29) is 5.97 Å². The molecule has 4 nitrogen and oxygen atoms in total. The Morgan fingerprint density at radius 1 is 0.947 bits per heavy atom. The maximum Gasteiger partial charge on any atom is 0.305 e. The first-order valence-electron chi connectivity index (χ1n) is 7.48. The minimum absolute atomic E-state index is 0.120. The first-order valence-corrected chi connectivity index (χ1v) is 7.48. The molecule has 0 heterocycles. The summed E-state index contributed by atoms with van der Waals surface area (Å²) >= 11 is 0. The maximum atomic E-state index is 11.3. The molecule has 0 aliphatic carbocycles. The van der Waals surface area contributed by atoms with Crippen LogP contribution in [0.1, 0.15) is 52.9 Å². The summed E-state index contributed by atoms with van der Waals surface area (Å²) in [6, 6.07) is 0. The molecule has 0 aromatic heterocycles. The van der Waals surface area contributed by atoms with E-state index in [1.54, 1.807) is 0 Å². The van der Waals surface area contributed by atoms with Crippen molar-refractivity contribution in [1.29, 1.82) is 0 Å². The van der Waals surface area contributed by atoms with Gasteiger partial charge < -0.3 is 14.2 Å². The quantitative estimate of drug-likeness (QED) is 0.382. The molecule has 0 N–H and O–H groups in total. The summed E-state index contributed by atoms with van der Waals surface area (Å²) in [4.78, 5) is 11.3. The lowest BCUT2D eigenvalue weighted by Gasteiger charge is -2.07. The second-order valence-electron chi connectivity index (χ2n) is 5.08. The van der Waals surface area contributed by atoms with Crippen molar-refractivity contribution in [1.82, 2.24) is 0 Å². The van der Waals surface area contributed by atoms with Gasteiger partial charge in [0.05, 0.1) is 19.8 Å². The zero-order chi connectivity index (χ0) is 14.3. The van der Waals surface area contributed by atoms with Gasteiger partial charge in [0.1, 0.15) is 0 Å². The monoisotopic (exact) mass is 274 g/mol. The first kappa shape index (κ1) is 18.4. The Balaban J connectivity index is 3.11. The molecule has 0 amide bonds. The van der Waals surface area contributed by atoms with Gasteiger partial charge in [-0.2, -0.15) is 0 Å². The molecule has 0 fully saturated rings. The fraction of sp³-hybridized carbons (Fsp3) is 0.933. The van der Waals surface area contributed by atoms with E-state index >= 15 is 0 Å². The van der Waals surface area contributed by atoms with Crippen LogP contribution in [-0.2, 0) is 19.0 Å². The molecule has 0 atom stereocenters. The molecule has 4 heteroatoms. The van der Waals surface area contributed by atoms with E-state index in [4.69, 9.17) is 14.2 Å². The molecule has 0 bridgehead atoms. The number of ether oxygens (including phenoxy) is 3. The van der Waals surface area contributed by atoms with Gasteiger partial charge in [0, 0.05) is 19.6 Å². The fourth-order valence-corrected chi connectivity index (χ4v) is 1.36. The number of carbonyl (C=O) groups excluding carboxylic acids is 1. The Labute approximate surface area is 117 Å². The molecule has 0 aliphatic heterocycles. The SMILES string of the molecule is CCCCOC(=O)CCCOCCOCCC(C)C. The van der Waals surface area contributed by atoms with Crippen LogP contribution in [0.2, 0.25) is 0 Å². The third-order valence-corrected chi connectivity index (χ3v) is 2.64. The van der Waals surface area contributed by atoms with Gasteiger partial charge in [-0.05, 0) is 25.2 Å². The van der Waals surface area contributed by atoms with Gasteiger partial charge in [-0.3, -0.25) is 4.79 Å². The smallest absolute Gasteiger partial charge is 0.305 e. The van der Waals surface area contributed by atoms with Gasteiger partial charge in [0.25, 0.3) is 0 Å². The Morgan fingerprint density at radius 2 is 1.63 bits per heavy atom. The maximum absolute atomic E-state index is 11.3. The highest BCUT2D eigenvalue weighted by Crippen LogP contribution is 1.99. The predicted molar refractivity (Wildman–Crippen MR) is 76.2 cm³/mol. The Bertz CT molecular complexity index is 204. The summed E-state index contributed by atoms with van der Waals surface area (Å²) in [5, 5.41) is 0. The normalized spacial score (nSPS) is 10.9. The summed E-state index contributed by atoms with van der Waals surface area (Å²) in [7, 11) is 0. The van der Waals surface area contributed by atoms with Gasteiger partial charge in [0.15, 0.2) is 0 Å². The lowest BCUT2D eigenvalue weighted by Crippen LogP contribution is -2.10. The molecule has 0 aromatic carbocycles. The van der Waals surface area contributed by atoms with Crippen LogP contribution >= 0.6 is 0 Å². The summed E-state index contributed by atoms with van der Waals surface area (Å²) in [5.74, 6) is 0.560. The minimum atomic E-state index is -0.120. The van der Waals surface area contributed by atoms with Crippen molar-refractivity contribution in [2.75, 3.05) is 33.0 Å². The van der Waals surface area contributed by atoms with Crippen LogP contribution in [0.5, 0.6) is 0 Å². The topological polar surface area (TPSA) is 44.8 Å². The van der Waals surface area contributed by atoms with E-state index in [0.29, 0.717) is 38.8 Å². The zero-order valence-corrected chi connectivity index (χ0v) is 12.8. The van der Waals surface area contributed by atoms with Crippen molar-refractivity contribution >= 4 is 5.97 Å². The van der Waals surface area contributed by atoms with E-state index in [9.17, 15) is 4.79 Å². The summed E-state index contributed by atoms with van der Waals surface area (Å²) < 4.78 is 15.9. The molecule has 0 rings (SSSR count). The van der Waals surface area contributed by atoms with Crippen molar-refractivity contribution in [3.8, 4) is 0 Å². The predicted octanol–water partition coefficient (Wildman–Crippen LogP) is 3.19. The van der Waals surface area contributed by atoms with E-state index in [1.165, 1.54) is 0 Å².